The molecule has 0 saturated heterocycles. The van der Waals surface area contributed by atoms with Gasteiger partial charge in [-0.25, -0.2) is 4.79 Å². The fraction of sp³-hybridized carbons (Fsp3) is 0.735. The summed E-state index contributed by atoms with van der Waals surface area (Å²) in [6.45, 7) is 11.3. The van der Waals surface area contributed by atoms with Crippen molar-refractivity contribution < 1.29 is 24.1 Å². The summed E-state index contributed by atoms with van der Waals surface area (Å²) < 4.78 is 17.7. The number of ether oxygens (including phenoxy) is 3. The summed E-state index contributed by atoms with van der Waals surface area (Å²) in [5.41, 5.74) is 1.87. The molecule has 2 aliphatic carbocycles. The SMILES string of the molecule is C=C1CCC2(O)C(CC)Cc3ccc(OC(=O)OCCCCCCCCCCCCC)c4c3C2(CCC)C1O4. The highest BCUT2D eigenvalue weighted by Gasteiger charge is 2.68. The van der Waals surface area contributed by atoms with Crippen molar-refractivity contribution >= 4 is 6.16 Å². The van der Waals surface area contributed by atoms with Crippen molar-refractivity contribution in [3.8, 4) is 11.5 Å². The first-order valence-corrected chi connectivity index (χ1v) is 16.0. The highest BCUT2D eigenvalue weighted by molar-refractivity contribution is 5.69. The number of carbonyl (C=O) groups is 1. The molecule has 0 bridgehead atoms. The normalized spacial score (nSPS) is 26.7. The highest BCUT2D eigenvalue weighted by Crippen LogP contribution is 2.66. The Labute approximate surface area is 236 Å². The van der Waals surface area contributed by atoms with Crippen LogP contribution in [0.15, 0.2) is 24.3 Å². The molecule has 0 amide bonds. The Hall–Kier alpha value is -2.01. The second kappa shape index (κ2) is 13.6. The van der Waals surface area contributed by atoms with Gasteiger partial charge in [0.05, 0.1) is 17.6 Å². The molecule has 5 nitrogen and oxygen atoms in total. The van der Waals surface area contributed by atoms with Crippen LogP contribution in [0.4, 0.5) is 4.79 Å². The molecule has 5 heteroatoms. The molecule has 1 N–H and O–H groups in total. The van der Waals surface area contributed by atoms with E-state index in [9.17, 15) is 9.90 Å². The second-order valence-electron chi connectivity index (χ2n) is 12.3. The summed E-state index contributed by atoms with van der Waals surface area (Å²) >= 11 is 0. The van der Waals surface area contributed by atoms with Crippen LogP contribution in [0, 0.1) is 5.92 Å². The van der Waals surface area contributed by atoms with E-state index < -0.39 is 17.2 Å². The Bertz CT molecular complexity index is 986. The van der Waals surface area contributed by atoms with E-state index in [0.29, 0.717) is 24.5 Å². The van der Waals surface area contributed by atoms with E-state index in [4.69, 9.17) is 14.2 Å². The van der Waals surface area contributed by atoms with Gasteiger partial charge in [-0.05, 0) is 55.2 Å². The van der Waals surface area contributed by atoms with Crippen molar-refractivity contribution in [3.05, 3.63) is 35.4 Å². The monoisotopic (exact) mass is 540 g/mol. The summed E-state index contributed by atoms with van der Waals surface area (Å²) in [5, 5.41) is 12.3. The first-order valence-electron chi connectivity index (χ1n) is 16.0. The molecule has 1 saturated carbocycles. The maximum Gasteiger partial charge on any atom is 0.513 e. The number of aliphatic hydroxyl groups is 1. The quantitative estimate of drug-likeness (QED) is 0.0981. The van der Waals surface area contributed by atoms with Crippen molar-refractivity contribution in [3.63, 3.8) is 0 Å². The van der Waals surface area contributed by atoms with Gasteiger partial charge in [-0.2, -0.15) is 0 Å². The summed E-state index contributed by atoms with van der Waals surface area (Å²) in [5.74, 6) is 1.17. The van der Waals surface area contributed by atoms with E-state index in [1.54, 1.807) is 0 Å². The van der Waals surface area contributed by atoms with Gasteiger partial charge < -0.3 is 19.3 Å². The lowest BCUT2D eigenvalue weighted by molar-refractivity contribution is -0.137. The van der Waals surface area contributed by atoms with Gasteiger partial charge in [0.1, 0.15) is 6.10 Å². The third kappa shape index (κ3) is 5.89. The molecule has 1 aromatic rings. The number of hydrogen-bond acceptors (Lipinski definition) is 5. The van der Waals surface area contributed by atoms with E-state index in [0.717, 1.165) is 56.1 Å². The molecule has 39 heavy (non-hydrogen) atoms. The predicted molar refractivity (Wildman–Crippen MR) is 157 cm³/mol. The fourth-order valence-electron chi connectivity index (χ4n) is 7.78. The van der Waals surface area contributed by atoms with Gasteiger partial charge >= 0.3 is 6.16 Å². The molecular weight excluding hydrogens is 488 g/mol. The van der Waals surface area contributed by atoms with Crippen molar-refractivity contribution in [2.24, 2.45) is 5.92 Å². The predicted octanol–water partition coefficient (Wildman–Crippen LogP) is 8.98. The Morgan fingerprint density at radius 1 is 1.00 bits per heavy atom. The lowest BCUT2D eigenvalue weighted by Crippen LogP contribution is -2.66. The van der Waals surface area contributed by atoms with Crippen LogP contribution in [0.5, 0.6) is 11.5 Å². The minimum atomic E-state index is -0.851. The van der Waals surface area contributed by atoms with Crippen molar-refractivity contribution in [1.29, 1.82) is 0 Å². The van der Waals surface area contributed by atoms with Crippen LogP contribution in [-0.2, 0) is 16.6 Å². The molecule has 0 spiro atoms. The van der Waals surface area contributed by atoms with Gasteiger partial charge in [0.2, 0.25) is 0 Å². The Morgan fingerprint density at radius 3 is 2.31 bits per heavy atom. The molecule has 1 heterocycles. The second-order valence-corrected chi connectivity index (χ2v) is 12.3. The van der Waals surface area contributed by atoms with Crippen LogP contribution in [0.2, 0.25) is 0 Å². The Kier molecular flexibility index (Phi) is 10.4. The molecular formula is C34H52O5. The Morgan fingerprint density at radius 2 is 1.67 bits per heavy atom. The number of hydrogen-bond donors (Lipinski definition) is 1. The Balaban J connectivity index is 1.33. The van der Waals surface area contributed by atoms with Crippen molar-refractivity contribution in [2.75, 3.05) is 6.61 Å². The van der Waals surface area contributed by atoms with E-state index in [2.05, 4.69) is 33.4 Å². The minimum Gasteiger partial charge on any atom is -0.481 e. The maximum absolute atomic E-state index is 12.6. The van der Waals surface area contributed by atoms with Gasteiger partial charge in [0.15, 0.2) is 11.5 Å². The maximum atomic E-state index is 12.6. The van der Waals surface area contributed by atoms with Crippen LogP contribution < -0.4 is 9.47 Å². The largest absolute Gasteiger partial charge is 0.513 e. The summed E-state index contributed by atoms with van der Waals surface area (Å²) in [6, 6.07) is 3.91. The molecule has 218 valence electrons. The van der Waals surface area contributed by atoms with E-state index >= 15 is 0 Å². The average Bonchev–Trinajstić information content (AvgIpc) is 3.29. The summed E-state index contributed by atoms with van der Waals surface area (Å²) in [7, 11) is 0. The van der Waals surface area contributed by atoms with Crippen molar-refractivity contribution in [1.82, 2.24) is 0 Å². The van der Waals surface area contributed by atoms with Gasteiger partial charge in [-0.1, -0.05) is 110 Å². The van der Waals surface area contributed by atoms with Crippen LogP contribution in [0.1, 0.15) is 135 Å². The molecule has 0 radical (unpaired) electrons. The lowest BCUT2D eigenvalue weighted by atomic mass is 9.48. The van der Waals surface area contributed by atoms with Gasteiger partial charge in [-0.3, -0.25) is 0 Å². The van der Waals surface area contributed by atoms with E-state index in [-0.39, 0.29) is 12.0 Å². The zero-order valence-corrected chi connectivity index (χ0v) is 24.8. The molecule has 4 rings (SSSR count). The highest BCUT2D eigenvalue weighted by atomic mass is 16.7. The molecule has 1 aromatic carbocycles. The number of unbranched alkanes of at least 4 members (excludes halogenated alkanes) is 10. The fourth-order valence-corrected chi connectivity index (χ4v) is 7.78. The number of rotatable bonds is 16. The third-order valence-corrected chi connectivity index (χ3v) is 9.75. The number of carbonyl (C=O) groups excluding carboxylic acids is 1. The summed E-state index contributed by atoms with van der Waals surface area (Å²) in [4.78, 5) is 12.6. The topological polar surface area (TPSA) is 65.0 Å². The standard InChI is InChI=1S/C34H52O5/c1-5-8-9-10-11-12-13-14-15-16-17-23-37-32(35)38-28-19-18-26-24-27(7-3)34(36)22-20-25(4)31-33(34,21-6-2)29(26)30(28)39-31/h18-19,27,31,36H,4-17,20-24H2,1-3H3. The first-order chi connectivity index (χ1) is 18.9. The first kappa shape index (κ1) is 30.0. The zero-order chi connectivity index (χ0) is 27.9. The van der Waals surface area contributed by atoms with Crippen LogP contribution in [-0.4, -0.2) is 29.6 Å². The van der Waals surface area contributed by atoms with Crippen LogP contribution in [0.25, 0.3) is 0 Å². The average molecular weight is 541 g/mol. The molecule has 1 fully saturated rings. The van der Waals surface area contributed by atoms with Crippen LogP contribution >= 0.6 is 0 Å². The van der Waals surface area contributed by atoms with E-state index in [1.807, 2.05) is 6.07 Å². The van der Waals surface area contributed by atoms with Crippen LogP contribution in [0.3, 0.4) is 0 Å². The van der Waals surface area contributed by atoms with Crippen molar-refractivity contribution in [2.45, 2.75) is 147 Å². The molecule has 4 atom stereocenters. The minimum absolute atomic E-state index is 0.171. The van der Waals surface area contributed by atoms with Gasteiger partial charge in [-0.15, -0.1) is 0 Å². The third-order valence-electron chi connectivity index (χ3n) is 9.75. The summed E-state index contributed by atoms with van der Waals surface area (Å²) in [6.07, 6.45) is 17.7. The van der Waals surface area contributed by atoms with Gasteiger partial charge in [0, 0.05) is 5.56 Å². The lowest BCUT2D eigenvalue weighted by Gasteiger charge is -2.58. The zero-order valence-electron chi connectivity index (χ0n) is 24.8. The van der Waals surface area contributed by atoms with Gasteiger partial charge in [0.25, 0.3) is 0 Å². The molecule has 4 unspecified atom stereocenters. The van der Waals surface area contributed by atoms with E-state index in [1.165, 1.54) is 63.4 Å². The smallest absolute Gasteiger partial charge is 0.481 e. The number of benzene rings is 1. The molecule has 3 aliphatic rings. The molecule has 1 aliphatic heterocycles. The molecule has 0 aromatic heterocycles.